The van der Waals surface area contributed by atoms with Crippen molar-refractivity contribution in [1.29, 1.82) is 0 Å². The molecule has 2 atom stereocenters. The summed E-state index contributed by atoms with van der Waals surface area (Å²) in [6.07, 6.45) is 3.32. The van der Waals surface area contributed by atoms with Crippen LogP contribution >= 0.6 is 11.5 Å². The first-order chi connectivity index (χ1) is 7.74. The van der Waals surface area contributed by atoms with Crippen LogP contribution in [0.3, 0.4) is 0 Å². The SMILES string of the molecule is CCc1nsc(N2CCC(C)CC2CN)n1. The van der Waals surface area contributed by atoms with Crippen LogP contribution in [0.1, 0.15) is 32.5 Å². The average Bonchev–Trinajstić information content (AvgIpc) is 2.77. The van der Waals surface area contributed by atoms with Gasteiger partial charge in [0, 0.05) is 37.1 Å². The summed E-state index contributed by atoms with van der Waals surface area (Å²) in [6, 6.07) is 0.446. The predicted octanol–water partition coefficient (Wildman–Crippen LogP) is 1.66. The fourth-order valence-electron chi connectivity index (χ4n) is 2.23. The molecular weight excluding hydrogens is 220 g/mol. The number of hydrogen-bond acceptors (Lipinski definition) is 5. The van der Waals surface area contributed by atoms with Gasteiger partial charge in [0.2, 0.25) is 5.13 Å². The lowest BCUT2D eigenvalue weighted by atomic mass is 9.93. The van der Waals surface area contributed by atoms with E-state index in [-0.39, 0.29) is 0 Å². The standard InChI is InChI=1S/C11H20N4S/c1-3-10-13-11(16-14-10)15-5-4-8(2)6-9(15)7-12/h8-9H,3-7,12H2,1-2H3. The molecule has 1 fully saturated rings. The summed E-state index contributed by atoms with van der Waals surface area (Å²) in [7, 11) is 0. The van der Waals surface area contributed by atoms with Crippen LogP contribution in [0.5, 0.6) is 0 Å². The minimum atomic E-state index is 0.446. The molecule has 0 bridgehead atoms. The fraction of sp³-hybridized carbons (Fsp3) is 0.818. The second-order valence-electron chi connectivity index (χ2n) is 4.56. The molecule has 16 heavy (non-hydrogen) atoms. The van der Waals surface area contributed by atoms with Crippen LogP contribution in [0.2, 0.25) is 0 Å². The van der Waals surface area contributed by atoms with Gasteiger partial charge in [0.25, 0.3) is 0 Å². The van der Waals surface area contributed by atoms with E-state index in [0.29, 0.717) is 12.6 Å². The Kier molecular flexibility index (Phi) is 3.76. The maximum absolute atomic E-state index is 5.85. The van der Waals surface area contributed by atoms with Gasteiger partial charge in [0.1, 0.15) is 5.82 Å². The van der Waals surface area contributed by atoms with E-state index in [2.05, 4.69) is 28.1 Å². The molecular formula is C11H20N4S. The molecule has 1 aromatic heterocycles. The van der Waals surface area contributed by atoms with Gasteiger partial charge in [-0.25, -0.2) is 4.98 Å². The van der Waals surface area contributed by atoms with Crippen molar-refractivity contribution in [3.8, 4) is 0 Å². The number of nitrogens with zero attached hydrogens (tertiary/aromatic N) is 3. The van der Waals surface area contributed by atoms with E-state index >= 15 is 0 Å². The van der Waals surface area contributed by atoms with E-state index in [9.17, 15) is 0 Å². The summed E-state index contributed by atoms with van der Waals surface area (Å²) in [5.41, 5.74) is 5.85. The summed E-state index contributed by atoms with van der Waals surface area (Å²) >= 11 is 1.51. The Morgan fingerprint density at radius 1 is 1.56 bits per heavy atom. The molecule has 5 heteroatoms. The van der Waals surface area contributed by atoms with Crippen LogP contribution in [0.15, 0.2) is 0 Å². The van der Waals surface area contributed by atoms with Crippen LogP contribution in [0.25, 0.3) is 0 Å². The second kappa shape index (κ2) is 5.10. The minimum Gasteiger partial charge on any atom is -0.343 e. The van der Waals surface area contributed by atoms with E-state index in [1.807, 2.05) is 0 Å². The lowest BCUT2D eigenvalue weighted by Crippen LogP contribution is -2.46. The Hall–Kier alpha value is -0.680. The third-order valence-corrected chi connectivity index (χ3v) is 4.06. The molecule has 1 saturated heterocycles. The molecule has 0 amide bonds. The summed E-state index contributed by atoms with van der Waals surface area (Å²) in [5.74, 6) is 1.73. The van der Waals surface area contributed by atoms with Crippen molar-refractivity contribution in [2.24, 2.45) is 11.7 Å². The van der Waals surface area contributed by atoms with E-state index in [4.69, 9.17) is 5.73 Å². The largest absolute Gasteiger partial charge is 0.343 e. The highest BCUT2D eigenvalue weighted by atomic mass is 32.1. The van der Waals surface area contributed by atoms with Crippen LogP contribution in [-0.4, -0.2) is 28.5 Å². The van der Waals surface area contributed by atoms with Gasteiger partial charge in [-0.2, -0.15) is 4.37 Å². The fourth-order valence-corrected chi connectivity index (χ4v) is 3.08. The Balaban J connectivity index is 2.12. The zero-order valence-corrected chi connectivity index (χ0v) is 10.8. The number of piperidine rings is 1. The van der Waals surface area contributed by atoms with Crippen molar-refractivity contribution in [2.75, 3.05) is 18.0 Å². The molecule has 1 aromatic rings. The molecule has 90 valence electrons. The van der Waals surface area contributed by atoms with Gasteiger partial charge in [-0.3, -0.25) is 0 Å². The summed E-state index contributed by atoms with van der Waals surface area (Å²) in [6.45, 7) is 6.18. The van der Waals surface area contributed by atoms with Crippen molar-refractivity contribution in [3.63, 3.8) is 0 Å². The van der Waals surface area contributed by atoms with E-state index in [1.165, 1.54) is 24.4 Å². The summed E-state index contributed by atoms with van der Waals surface area (Å²) < 4.78 is 4.35. The minimum absolute atomic E-state index is 0.446. The van der Waals surface area contributed by atoms with Gasteiger partial charge in [0.05, 0.1) is 0 Å². The molecule has 2 rings (SSSR count). The summed E-state index contributed by atoms with van der Waals surface area (Å²) in [4.78, 5) is 6.90. The van der Waals surface area contributed by atoms with E-state index < -0.39 is 0 Å². The average molecular weight is 240 g/mol. The number of rotatable bonds is 3. The zero-order valence-electron chi connectivity index (χ0n) is 10.0. The first-order valence-corrected chi connectivity index (χ1v) is 6.81. The maximum Gasteiger partial charge on any atom is 0.205 e. The van der Waals surface area contributed by atoms with Crippen molar-refractivity contribution in [3.05, 3.63) is 5.82 Å². The molecule has 2 N–H and O–H groups in total. The molecule has 1 aliphatic heterocycles. The number of anilines is 1. The normalized spacial score (nSPS) is 26.1. The van der Waals surface area contributed by atoms with Gasteiger partial charge in [-0.1, -0.05) is 13.8 Å². The lowest BCUT2D eigenvalue weighted by Gasteiger charge is -2.37. The third kappa shape index (κ3) is 2.35. The number of aryl methyl sites for hydroxylation is 1. The third-order valence-electron chi connectivity index (χ3n) is 3.27. The van der Waals surface area contributed by atoms with E-state index in [0.717, 1.165) is 29.8 Å². The topological polar surface area (TPSA) is 55.0 Å². The van der Waals surface area contributed by atoms with E-state index in [1.54, 1.807) is 0 Å². The number of hydrogen-bond donors (Lipinski definition) is 1. The summed E-state index contributed by atoms with van der Waals surface area (Å²) in [5, 5.41) is 1.05. The molecule has 2 unspecified atom stereocenters. The smallest absolute Gasteiger partial charge is 0.205 e. The van der Waals surface area contributed by atoms with Gasteiger partial charge >= 0.3 is 0 Å². The Morgan fingerprint density at radius 3 is 3.00 bits per heavy atom. The quantitative estimate of drug-likeness (QED) is 0.873. The van der Waals surface area contributed by atoms with Gasteiger partial charge in [0.15, 0.2) is 0 Å². The van der Waals surface area contributed by atoms with Crippen molar-refractivity contribution < 1.29 is 0 Å². The molecule has 0 aromatic carbocycles. The van der Waals surface area contributed by atoms with Crippen LogP contribution in [0.4, 0.5) is 5.13 Å². The molecule has 4 nitrogen and oxygen atoms in total. The Labute approximate surface area is 101 Å². The van der Waals surface area contributed by atoms with Gasteiger partial charge in [-0.05, 0) is 18.8 Å². The Morgan fingerprint density at radius 2 is 2.38 bits per heavy atom. The van der Waals surface area contributed by atoms with Crippen LogP contribution in [-0.2, 0) is 6.42 Å². The lowest BCUT2D eigenvalue weighted by molar-refractivity contribution is 0.366. The number of aromatic nitrogens is 2. The maximum atomic E-state index is 5.85. The van der Waals surface area contributed by atoms with Crippen molar-refractivity contribution >= 4 is 16.7 Å². The highest BCUT2D eigenvalue weighted by molar-refractivity contribution is 7.09. The molecule has 0 saturated carbocycles. The molecule has 0 aliphatic carbocycles. The highest BCUT2D eigenvalue weighted by Crippen LogP contribution is 2.28. The highest BCUT2D eigenvalue weighted by Gasteiger charge is 2.27. The molecule has 2 heterocycles. The Bertz CT molecular complexity index is 338. The predicted molar refractivity (Wildman–Crippen MR) is 67.9 cm³/mol. The first kappa shape index (κ1) is 11.8. The molecule has 0 radical (unpaired) electrons. The number of nitrogens with two attached hydrogens (primary N) is 1. The van der Waals surface area contributed by atoms with Gasteiger partial charge in [-0.15, -0.1) is 0 Å². The van der Waals surface area contributed by atoms with Crippen molar-refractivity contribution in [1.82, 2.24) is 9.36 Å². The monoisotopic (exact) mass is 240 g/mol. The zero-order chi connectivity index (χ0) is 11.5. The van der Waals surface area contributed by atoms with Crippen LogP contribution < -0.4 is 10.6 Å². The van der Waals surface area contributed by atoms with Crippen molar-refractivity contribution in [2.45, 2.75) is 39.2 Å². The van der Waals surface area contributed by atoms with Gasteiger partial charge < -0.3 is 10.6 Å². The second-order valence-corrected chi connectivity index (χ2v) is 5.29. The van der Waals surface area contributed by atoms with Crippen LogP contribution in [0, 0.1) is 5.92 Å². The molecule has 0 spiro atoms. The first-order valence-electron chi connectivity index (χ1n) is 6.03. The molecule has 1 aliphatic rings.